The second-order valence-corrected chi connectivity index (χ2v) is 5.32. The first-order valence-electron chi connectivity index (χ1n) is 6.54. The SMILES string of the molecule is CCN(CCNCc1cccs1)c1ccccc1F. The largest absolute Gasteiger partial charge is 0.368 e. The van der Waals surface area contributed by atoms with Crippen LogP contribution >= 0.6 is 11.3 Å². The summed E-state index contributed by atoms with van der Waals surface area (Å²) in [4.78, 5) is 3.38. The lowest BCUT2D eigenvalue weighted by Crippen LogP contribution is -2.32. The third kappa shape index (κ3) is 4.04. The van der Waals surface area contributed by atoms with Gasteiger partial charge >= 0.3 is 0 Å². The van der Waals surface area contributed by atoms with E-state index in [0.29, 0.717) is 5.69 Å². The van der Waals surface area contributed by atoms with Gasteiger partial charge in [-0.15, -0.1) is 11.3 Å². The molecule has 0 aliphatic rings. The maximum atomic E-state index is 13.7. The zero-order valence-corrected chi connectivity index (χ0v) is 11.9. The number of rotatable bonds is 7. The molecule has 0 fully saturated rings. The van der Waals surface area contributed by atoms with E-state index in [1.165, 1.54) is 10.9 Å². The van der Waals surface area contributed by atoms with Gasteiger partial charge in [0.2, 0.25) is 0 Å². The first-order chi connectivity index (χ1) is 9.31. The first-order valence-corrected chi connectivity index (χ1v) is 7.41. The van der Waals surface area contributed by atoms with E-state index in [4.69, 9.17) is 0 Å². The highest BCUT2D eigenvalue weighted by Crippen LogP contribution is 2.17. The second-order valence-electron chi connectivity index (χ2n) is 4.29. The standard InChI is InChI=1S/C15H19FN2S/c1-2-18(15-8-4-3-7-14(15)16)10-9-17-12-13-6-5-11-19-13/h3-8,11,17H,2,9-10,12H2,1H3. The van der Waals surface area contributed by atoms with Gasteiger partial charge in [0.05, 0.1) is 5.69 Å². The molecule has 2 rings (SSSR count). The van der Waals surface area contributed by atoms with Crippen LogP contribution in [0, 0.1) is 5.82 Å². The van der Waals surface area contributed by atoms with Crippen LogP contribution in [0.15, 0.2) is 41.8 Å². The molecule has 0 atom stereocenters. The topological polar surface area (TPSA) is 15.3 Å². The van der Waals surface area contributed by atoms with Crippen molar-refractivity contribution in [2.75, 3.05) is 24.5 Å². The Bertz CT molecular complexity index is 485. The Hall–Kier alpha value is -1.39. The van der Waals surface area contributed by atoms with Crippen LogP contribution in [-0.2, 0) is 6.54 Å². The Morgan fingerprint density at radius 2 is 2.05 bits per heavy atom. The summed E-state index contributed by atoms with van der Waals surface area (Å²) in [6.07, 6.45) is 0. The Kier molecular flexibility index (Phi) is 5.36. The molecule has 2 aromatic rings. The van der Waals surface area contributed by atoms with E-state index in [1.807, 2.05) is 19.1 Å². The van der Waals surface area contributed by atoms with Crippen LogP contribution in [0.5, 0.6) is 0 Å². The third-order valence-electron chi connectivity index (χ3n) is 3.01. The van der Waals surface area contributed by atoms with Crippen molar-refractivity contribution in [3.63, 3.8) is 0 Å². The summed E-state index contributed by atoms with van der Waals surface area (Å²) in [6.45, 7) is 5.39. The van der Waals surface area contributed by atoms with E-state index in [2.05, 4.69) is 27.7 Å². The van der Waals surface area contributed by atoms with Crippen molar-refractivity contribution >= 4 is 17.0 Å². The third-order valence-corrected chi connectivity index (χ3v) is 3.89. The van der Waals surface area contributed by atoms with Crippen LogP contribution in [0.3, 0.4) is 0 Å². The lowest BCUT2D eigenvalue weighted by atomic mass is 10.2. The minimum atomic E-state index is -0.150. The molecular formula is C15H19FN2S. The lowest BCUT2D eigenvalue weighted by molar-refractivity contribution is 0.610. The van der Waals surface area contributed by atoms with Gasteiger partial charge in [0.15, 0.2) is 0 Å². The Morgan fingerprint density at radius 1 is 1.21 bits per heavy atom. The molecular weight excluding hydrogens is 259 g/mol. The summed E-state index contributed by atoms with van der Waals surface area (Å²) < 4.78 is 13.7. The van der Waals surface area contributed by atoms with Gasteiger partial charge < -0.3 is 10.2 Å². The second kappa shape index (κ2) is 7.26. The van der Waals surface area contributed by atoms with E-state index in [0.717, 1.165) is 26.2 Å². The molecule has 0 bridgehead atoms. The number of likely N-dealkylation sites (N-methyl/N-ethyl adjacent to an activating group) is 1. The van der Waals surface area contributed by atoms with Crippen LogP contribution < -0.4 is 10.2 Å². The Morgan fingerprint density at radius 3 is 2.74 bits per heavy atom. The normalized spacial score (nSPS) is 10.6. The van der Waals surface area contributed by atoms with E-state index >= 15 is 0 Å². The summed E-state index contributed by atoms with van der Waals surface area (Å²) in [7, 11) is 0. The molecule has 0 spiro atoms. The van der Waals surface area contributed by atoms with Gasteiger partial charge in [-0.2, -0.15) is 0 Å². The number of para-hydroxylation sites is 1. The van der Waals surface area contributed by atoms with Gasteiger partial charge in [0.1, 0.15) is 5.82 Å². The van der Waals surface area contributed by atoms with Crippen molar-refractivity contribution < 1.29 is 4.39 Å². The quantitative estimate of drug-likeness (QED) is 0.780. The molecule has 0 radical (unpaired) electrons. The average molecular weight is 278 g/mol. The fourth-order valence-corrected chi connectivity index (χ4v) is 2.67. The van der Waals surface area contributed by atoms with Gasteiger partial charge in [-0.1, -0.05) is 18.2 Å². The Labute approximate surface area is 117 Å². The summed E-state index contributed by atoms with van der Waals surface area (Å²) in [5.74, 6) is -0.150. The minimum absolute atomic E-state index is 0.150. The van der Waals surface area contributed by atoms with Crippen molar-refractivity contribution in [2.45, 2.75) is 13.5 Å². The molecule has 1 aromatic carbocycles. The van der Waals surface area contributed by atoms with Gasteiger partial charge in [0.25, 0.3) is 0 Å². The molecule has 0 aliphatic heterocycles. The number of nitrogens with one attached hydrogen (secondary N) is 1. The molecule has 1 aromatic heterocycles. The minimum Gasteiger partial charge on any atom is -0.368 e. The molecule has 2 nitrogen and oxygen atoms in total. The Balaban J connectivity index is 1.81. The number of benzene rings is 1. The summed E-state index contributed by atoms with van der Waals surface area (Å²) >= 11 is 1.75. The van der Waals surface area contributed by atoms with E-state index in [9.17, 15) is 4.39 Å². The summed E-state index contributed by atoms with van der Waals surface area (Å²) in [5.41, 5.74) is 0.683. The predicted octanol–water partition coefficient (Wildman–Crippen LogP) is 3.50. The zero-order valence-electron chi connectivity index (χ0n) is 11.1. The lowest BCUT2D eigenvalue weighted by Gasteiger charge is -2.23. The summed E-state index contributed by atoms with van der Waals surface area (Å²) in [5, 5.41) is 5.47. The van der Waals surface area contributed by atoms with Crippen molar-refractivity contribution in [1.82, 2.24) is 5.32 Å². The van der Waals surface area contributed by atoms with Gasteiger partial charge in [-0.05, 0) is 30.5 Å². The number of hydrogen-bond acceptors (Lipinski definition) is 3. The van der Waals surface area contributed by atoms with Crippen LogP contribution in [0.4, 0.5) is 10.1 Å². The fourth-order valence-electron chi connectivity index (χ4n) is 2.00. The maximum Gasteiger partial charge on any atom is 0.146 e. The number of hydrogen-bond donors (Lipinski definition) is 1. The molecule has 0 unspecified atom stereocenters. The maximum absolute atomic E-state index is 13.7. The number of anilines is 1. The molecule has 19 heavy (non-hydrogen) atoms. The highest BCUT2D eigenvalue weighted by atomic mass is 32.1. The van der Waals surface area contributed by atoms with Crippen LogP contribution in [0.2, 0.25) is 0 Å². The monoisotopic (exact) mass is 278 g/mol. The van der Waals surface area contributed by atoms with Crippen LogP contribution in [0.1, 0.15) is 11.8 Å². The molecule has 0 amide bonds. The van der Waals surface area contributed by atoms with Gasteiger partial charge in [-0.25, -0.2) is 4.39 Å². The molecule has 0 aliphatic carbocycles. The average Bonchev–Trinajstić information content (AvgIpc) is 2.93. The number of thiophene rings is 1. The molecule has 0 saturated heterocycles. The van der Waals surface area contributed by atoms with Gasteiger partial charge in [0, 0.05) is 31.1 Å². The first kappa shape index (κ1) is 14.0. The number of nitrogens with zero attached hydrogens (tertiary/aromatic N) is 1. The van der Waals surface area contributed by atoms with Crippen molar-refractivity contribution in [2.24, 2.45) is 0 Å². The van der Waals surface area contributed by atoms with E-state index in [-0.39, 0.29) is 5.82 Å². The molecule has 1 N–H and O–H groups in total. The number of halogens is 1. The van der Waals surface area contributed by atoms with E-state index in [1.54, 1.807) is 17.4 Å². The zero-order chi connectivity index (χ0) is 13.5. The smallest absolute Gasteiger partial charge is 0.146 e. The van der Waals surface area contributed by atoms with Gasteiger partial charge in [-0.3, -0.25) is 0 Å². The fraction of sp³-hybridized carbons (Fsp3) is 0.333. The molecule has 102 valence electrons. The molecule has 4 heteroatoms. The van der Waals surface area contributed by atoms with E-state index < -0.39 is 0 Å². The highest BCUT2D eigenvalue weighted by Gasteiger charge is 2.08. The highest BCUT2D eigenvalue weighted by molar-refractivity contribution is 7.09. The van der Waals surface area contributed by atoms with Crippen molar-refractivity contribution in [3.8, 4) is 0 Å². The van der Waals surface area contributed by atoms with Crippen LogP contribution in [0.25, 0.3) is 0 Å². The summed E-state index contributed by atoms with van der Waals surface area (Å²) in [6, 6.07) is 11.1. The van der Waals surface area contributed by atoms with Crippen molar-refractivity contribution in [1.29, 1.82) is 0 Å². The van der Waals surface area contributed by atoms with Crippen molar-refractivity contribution in [3.05, 3.63) is 52.5 Å². The molecule has 0 saturated carbocycles. The predicted molar refractivity (Wildman–Crippen MR) is 80.3 cm³/mol. The molecule has 1 heterocycles. The van der Waals surface area contributed by atoms with Crippen LogP contribution in [-0.4, -0.2) is 19.6 Å².